The van der Waals surface area contributed by atoms with Gasteiger partial charge in [-0.15, -0.1) is 0 Å². The highest BCUT2D eigenvalue weighted by atomic mass is 16.4. The van der Waals surface area contributed by atoms with Gasteiger partial charge in [0.2, 0.25) is 5.91 Å². The summed E-state index contributed by atoms with van der Waals surface area (Å²) < 4.78 is 0. The highest BCUT2D eigenvalue weighted by Crippen LogP contribution is 2.49. The van der Waals surface area contributed by atoms with Gasteiger partial charge in [-0.2, -0.15) is 0 Å². The summed E-state index contributed by atoms with van der Waals surface area (Å²) in [5, 5.41) is 11.5. The third kappa shape index (κ3) is 2.77. The van der Waals surface area contributed by atoms with Crippen molar-refractivity contribution in [2.45, 2.75) is 25.2 Å². The summed E-state index contributed by atoms with van der Waals surface area (Å²) in [6, 6.07) is 14.7. The number of carboxylic acid groups (broad SMARTS) is 1. The Balaban J connectivity index is 1.42. The first kappa shape index (κ1) is 15.2. The average molecular weight is 323 g/mol. The van der Waals surface area contributed by atoms with Gasteiger partial charge < -0.3 is 10.0 Å². The van der Waals surface area contributed by atoms with Crippen molar-refractivity contribution in [1.29, 1.82) is 0 Å². The maximum absolute atomic E-state index is 12.7. The molecule has 0 radical (unpaired) electrons. The highest BCUT2D eigenvalue weighted by Gasteiger charge is 2.46. The summed E-state index contributed by atoms with van der Waals surface area (Å²) in [7, 11) is 0. The third-order valence-electron chi connectivity index (χ3n) is 5.47. The summed E-state index contributed by atoms with van der Waals surface area (Å²) >= 11 is 0. The fourth-order valence-electron chi connectivity index (χ4n) is 3.86. The van der Waals surface area contributed by atoms with Crippen LogP contribution in [0.4, 0.5) is 0 Å². The predicted octanol–water partition coefficient (Wildman–Crippen LogP) is 3.27. The van der Waals surface area contributed by atoms with E-state index in [0.717, 1.165) is 6.42 Å². The lowest BCUT2D eigenvalue weighted by atomic mass is 9.96. The van der Waals surface area contributed by atoms with Crippen molar-refractivity contribution in [3.63, 3.8) is 0 Å². The van der Waals surface area contributed by atoms with E-state index in [1.807, 2.05) is 17.0 Å². The van der Waals surface area contributed by atoms with Crippen molar-refractivity contribution in [1.82, 2.24) is 4.90 Å². The molecule has 24 heavy (non-hydrogen) atoms. The molecule has 4 heteroatoms. The van der Waals surface area contributed by atoms with Gasteiger partial charge in [-0.3, -0.25) is 9.59 Å². The number of rotatable bonds is 3. The number of benzene rings is 2. The summed E-state index contributed by atoms with van der Waals surface area (Å²) in [4.78, 5) is 25.5. The lowest BCUT2D eigenvalue weighted by molar-refractivity contribution is -0.146. The topological polar surface area (TPSA) is 57.6 Å². The Hall–Kier alpha value is -2.36. The van der Waals surface area contributed by atoms with E-state index < -0.39 is 5.97 Å². The molecule has 2 aromatic carbocycles. The average Bonchev–Trinajstić information content (AvgIpc) is 3.41. The van der Waals surface area contributed by atoms with Crippen LogP contribution in [-0.4, -0.2) is 35.0 Å². The molecule has 1 saturated carbocycles. The van der Waals surface area contributed by atoms with Crippen LogP contribution in [0.2, 0.25) is 0 Å². The molecule has 0 unspecified atom stereocenters. The van der Waals surface area contributed by atoms with Crippen LogP contribution in [0, 0.1) is 11.8 Å². The van der Waals surface area contributed by atoms with Gasteiger partial charge in [-0.05, 0) is 41.5 Å². The monoisotopic (exact) mass is 323 g/mol. The minimum Gasteiger partial charge on any atom is -0.481 e. The zero-order chi connectivity index (χ0) is 16.7. The quantitative estimate of drug-likeness (QED) is 0.943. The van der Waals surface area contributed by atoms with Gasteiger partial charge >= 0.3 is 5.97 Å². The normalized spacial score (nSPS) is 24.1. The van der Waals surface area contributed by atoms with E-state index in [0.29, 0.717) is 31.8 Å². The van der Waals surface area contributed by atoms with E-state index in [-0.39, 0.29) is 17.7 Å². The number of piperidine rings is 1. The minimum atomic E-state index is -0.734. The van der Waals surface area contributed by atoms with E-state index in [1.54, 1.807) is 0 Å². The predicted molar refractivity (Wildman–Crippen MR) is 91.7 cm³/mol. The van der Waals surface area contributed by atoms with Crippen molar-refractivity contribution in [2.75, 3.05) is 13.1 Å². The minimum absolute atomic E-state index is 0.0764. The molecule has 4 nitrogen and oxygen atoms in total. The van der Waals surface area contributed by atoms with Gasteiger partial charge in [0.15, 0.2) is 0 Å². The molecule has 1 aliphatic heterocycles. The van der Waals surface area contributed by atoms with Gasteiger partial charge in [0, 0.05) is 19.0 Å². The van der Waals surface area contributed by atoms with Crippen LogP contribution in [0.25, 0.3) is 10.8 Å². The Morgan fingerprint density at radius 1 is 1.00 bits per heavy atom. The number of carboxylic acids is 1. The number of likely N-dealkylation sites (tertiary alicyclic amines) is 1. The SMILES string of the molecule is O=C(O)C1CCN(C(=O)[C@H]2C[C@@H]2c2ccc3ccccc3c2)CC1. The lowest BCUT2D eigenvalue weighted by Crippen LogP contribution is -2.41. The molecular formula is C20H21NO3. The molecule has 2 aliphatic rings. The summed E-state index contributed by atoms with van der Waals surface area (Å²) in [5.74, 6) is -0.420. The summed E-state index contributed by atoms with van der Waals surface area (Å²) in [5.41, 5.74) is 1.24. The fourth-order valence-corrected chi connectivity index (χ4v) is 3.86. The van der Waals surface area contributed by atoms with Gasteiger partial charge in [-0.25, -0.2) is 0 Å². The number of nitrogens with zero attached hydrogens (tertiary/aromatic N) is 1. The molecular weight excluding hydrogens is 302 g/mol. The molecule has 0 bridgehead atoms. The fraction of sp³-hybridized carbons (Fsp3) is 0.400. The molecule has 0 spiro atoms. The maximum atomic E-state index is 12.7. The molecule has 1 N–H and O–H groups in total. The van der Waals surface area contributed by atoms with Gasteiger partial charge in [0.1, 0.15) is 0 Å². The Bertz CT molecular complexity index is 792. The molecule has 0 aromatic heterocycles. The van der Waals surface area contributed by atoms with Gasteiger partial charge in [-0.1, -0.05) is 42.5 Å². The number of hydrogen-bond acceptors (Lipinski definition) is 2. The smallest absolute Gasteiger partial charge is 0.306 e. The first-order chi connectivity index (χ1) is 11.6. The largest absolute Gasteiger partial charge is 0.481 e. The van der Waals surface area contributed by atoms with Crippen LogP contribution in [-0.2, 0) is 9.59 Å². The lowest BCUT2D eigenvalue weighted by Gasteiger charge is -2.30. The number of aliphatic carboxylic acids is 1. The van der Waals surface area contributed by atoms with Crippen molar-refractivity contribution in [3.05, 3.63) is 48.0 Å². The Morgan fingerprint density at radius 2 is 1.71 bits per heavy atom. The molecule has 2 fully saturated rings. The highest BCUT2D eigenvalue weighted by molar-refractivity contribution is 5.86. The number of hydrogen-bond donors (Lipinski definition) is 1. The van der Waals surface area contributed by atoms with E-state index in [9.17, 15) is 9.59 Å². The van der Waals surface area contributed by atoms with E-state index in [1.165, 1.54) is 16.3 Å². The van der Waals surface area contributed by atoms with E-state index >= 15 is 0 Å². The van der Waals surface area contributed by atoms with Crippen molar-refractivity contribution in [2.24, 2.45) is 11.8 Å². The van der Waals surface area contributed by atoms with Gasteiger partial charge in [0.05, 0.1) is 5.92 Å². The van der Waals surface area contributed by atoms with Crippen LogP contribution >= 0.6 is 0 Å². The second-order valence-corrected chi connectivity index (χ2v) is 6.99. The maximum Gasteiger partial charge on any atom is 0.306 e. The first-order valence-corrected chi connectivity index (χ1v) is 8.64. The number of carbonyl (C=O) groups is 2. The molecule has 1 amide bonds. The molecule has 1 saturated heterocycles. The third-order valence-corrected chi connectivity index (χ3v) is 5.47. The Kier molecular flexibility index (Phi) is 3.75. The summed E-state index contributed by atoms with van der Waals surface area (Å²) in [6.07, 6.45) is 2.07. The number of amides is 1. The van der Waals surface area contributed by atoms with Crippen LogP contribution in [0.1, 0.15) is 30.7 Å². The van der Waals surface area contributed by atoms with Crippen LogP contribution < -0.4 is 0 Å². The number of fused-ring (bicyclic) bond motifs is 1. The zero-order valence-electron chi connectivity index (χ0n) is 13.5. The molecule has 2 atom stereocenters. The molecule has 124 valence electrons. The van der Waals surface area contributed by atoms with Gasteiger partial charge in [0.25, 0.3) is 0 Å². The molecule has 1 aliphatic carbocycles. The Morgan fingerprint density at radius 3 is 2.42 bits per heavy atom. The standard InChI is InChI=1S/C20H21NO3/c22-19(21-9-7-14(8-10-21)20(23)24)18-12-17(18)16-6-5-13-3-1-2-4-15(13)11-16/h1-6,11,14,17-18H,7-10,12H2,(H,23,24)/t17-,18+/m1/s1. The summed E-state index contributed by atoms with van der Waals surface area (Å²) in [6.45, 7) is 1.16. The molecule has 2 aromatic rings. The van der Waals surface area contributed by atoms with E-state index in [4.69, 9.17) is 5.11 Å². The van der Waals surface area contributed by atoms with Crippen molar-refractivity contribution in [3.8, 4) is 0 Å². The van der Waals surface area contributed by atoms with Crippen molar-refractivity contribution >= 4 is 22.6 Å². The zero-order valence-corrected chi connectivity index (χ0v) is 13.5. The molecule has 1 heterocycles. The number of carbonyl (C=O) groups excluding carboxylic acids is 1. The van der Waals surface area contributed by atoms with E-state index in [2.05, 4.69) is 30.3 Å². The van der Waals surface area contributed by atoms with Crippen LogP contribution in [0.15, 0.2) is 42.5 Å². The second kappa shape index (κ2) is 5.93. The first-order valence-electron chi connectivity index (χ1n) is 8.64. The molecule has 4 rings (SSSR count). The second-order valence-electron chi connectivity index (χ2n) is 6.99. The van der Waals surface area contributed by atoms with Crippen LogP contribution in [0.5, 0.6) is 0 Å². The van der Waals surface area contributed by atoms with Crippen LogP contribution in [0.3, 0.4) is 0 Å². The Labute approximate surface area is 141 Å². The van der Waals surface area contributed by atoms with Crippen molar-refractivity contribution < 1.29 is 14.7 Å².